The lowest BCUT2D eigenvalue weighted by atomic mass is 10.0. The van der Waals surface area contributed by atoms with Crippen LogP contribution in [0, 0.1) is 0 Å². The maximum atomic E-state index is 6.17. The summed E-state index contributed by atoms with van der Waals surface area (Å²) in [7, 11) is 0. The summed E-state index contributed by atoms with van der Waals surface area (Å²) in [5.74, 6) is 1.31. The largest absolute Gasteiger partial charge is 0.344 e. The van der Waals surface area contributed by atoms with Crippen molar-refractivity contribution in [3.8, 4) is 11.3 Å². The highest BCUT2D eigenvalue weighted by molar-refractivity contribution is 5.62. The van der Waals surface area contributed by atoms with E-state index >= 15 is 0 Å². The normalized spacial score (nSPS) is 12.9. The number of nitrogens with zero attached hydrogens (tertiary/aromatic N) is 1. The molecular weight excluding hydrogens is 234 g/mol. The minimum absolute atomic E-state index is 0.0000350. The molecule has 0 aliphatic rings. The molecule has 19 heavy (non-hydrogen) atoms. The number of nitrogens with one attached hydrogen (secondary N) is 1. The van der Waals surface area contributed by atoms with Crippen molar-refractivity contribution in [1.82, 2.24) is 9.97 Å². The van der Waals surface area contributed by atoms with Crippen molar-refractivity contribution in [2.24, 2.45) is 5.73 Å². The Morgan fingerprint density at radius 3 is 2.47 bits per heavy atom. The van der Waals surface area contributed by atoms with Crippen LogP contribution in [0.5, 0.6) is 0 Å². The van der Waals surface area contributed by atoms with Gasteiger partial charge in [-0.05, 0) is 12.3 Å². The average Bonchev–Trinajstić information content (AvgIpc) is 2.85. The van der Waals surface area contributed by atoms with Crippen LogP contribution >= 0.6 is 0 Å². The van der Waals surface area contributed by atoms with Crippen molar-refractivity contribution in [2.75, 3.05) is 0 Å². The summed E-state index contributed by atoms with van der Waals surface area (Å²) in [5.41, 5.74) is 9.54. The zero-order valence-electron chi connectivity index (χ0n) is 12.0. The molecule has 2 aromatic rings. The second-order valence-electron chi connectivity index (χ2n) is 5.30. The van der Waals surface area contributed by atoms with E-state index in [4.69, 9.17) is 10.7 Å². The highest BCUT2D eigenvalue weighted by Crippen LogP contribution is 2.28. The summed E-state index contributed by atoms with van der Waals surface area (Å²) in [6.07, 6.45) is 2.03. The monoisotopic (exact) mass is 257 g/mol. The third kappa shape index (κ3) is 3.04. The number of H-pyrrole nitrogens is 1. The lowest BCUT2D eigenvalue weighted by molar-refractivity contribution is 0.606. The van der Waals surface area contributed by atoms with Crippen molar-refractivity contribution in [2.45, 2.75) is 45.6 Å². The molecule has 0 aliphatic carbocycles. The topological polar surface area (TPSA) is 54.7 Å². The van der Waals surface area contributed by atoms with Gasteiger partial charge in [0, 0.05) is 11.3 Å². The van der Waals surface area contributed by atoms with Crippen LogP contribution in [0.2, 0.25) is 0 Å². The number of hydrogen-bond acceptors (Lipinski definition) is 2. The molecule has 3 heteroatoms. The minimum Gasteiger partial charge on any atom is -0.344 e. The Bertz CT molecular complexity index is 514. The zero-order chi connectivity index (χ0) is 13.8. The van der Waals surface area contributed by atoms with Gasteiger partial charge in [-0.1, -0.05) is 57.5 Å². The Morgan fingerprint density at radius 1 is 1.21 bits per heavy atom. The summed E-state index contributed by atoms with van der Waals surface area (Å²) in [6, 6.07) is 10.3. The fourth-order valence-corrected chi connectivity index (χ4v) is 2.26. The predicted octanol–water partition coefficient (Wildman–Crippen LogP) is 4.00. The van der Waals surface area contributed by atoms with E-state index in [1.165, 1.54) is 5.69 Å². The Hall–Kier alpha value is -1.61. The van der Waals surface area contributed by atoms with Gasteiger partial charge in [-0.2, -0.15) is 0 Å². The molecule has 2 rings (SSSR count). The lowest BCUT2D eigenvalue weighted by Crippen LogP contribution is -2.11. The summed E-state index contributed by atoms with van der Waals surface area (Å²) in [4.78, 5) is 8.17. The molecule has 0 saturated heterocycles. The van der Waals surface area contributed by atoms with Crippen LogP contribution in [0.3, 0.4) is 0 Å². The molecule has 1 heterocycles. The molecule has 3 nitrogen and oxygen atoms in total. The molecule has 102 valence electrons. The van der Waals surface area contributed by atoms with E-state index in [1.807, 2.05) is 18.2 Å². The van der Waals surface area contributed by atoms with Crippen molar-refractivity contribution in [3.63, 3.8) is 0 Å². The van der Waals surface area contributed by atoms with Crippen LogP contribution in [0.15, 0.2) is 30.3 Å². The first-order chi connectivity index (χ1) is 9.13. The molecule has 0 aliphatic heterocycles. The minimum atomic E-state index is -0.0000350. The van der Waals surface area contributed by atoms with Gasteiger partial charge < -0.3 is 10.7 Å². The van der Waals surface area contributed by atoms with Gasteiger partial charge in [0.1, 0.15) is 5.82 Å². The Balaban J connectivity index is 2.42. The van der Waals surface area contributed by atoms with Crippen LogP contribution in [0.25, 0.3) is 11.3 Å². The summed E-state index contributed by atoms with van der Waals surface area (Å²) in [6.45, 7) is 6.49. The molecule has 0 bridgehead atoms. The SMILES string of the molecule is CCCC(N)c1nc(-c2ccccc2)c(C(C)C)[nH]1. The third-order valence-electron chi connectivity index (χ3n) is 3.33. The number of nitrogens with two attached hydrogens (primary N) is 1. The van der Waals surface area contributed by atoms with E-state index in [-0.39, 0.29) is 6.04 Å². The molecule has 0 fully saturated rings. The van der Waals surface area contributed by atoms with E-state index in [0.717, 1.165) is 29.9 Å². The summed E-state index contributed by atoms with van der Waals surface area (Å²) in [5, 5.41) is 0. The number of rotatable bonds is 5. The molecule has 3 N–H and O–H groups in total. The van der Waals surface area contributed by atoms with Gasteiger partial charge in [0.25, 0.3) is 0 Å². The van der Waals surface area contributed by atoms with Gasteiger partial charge in [0.05, 0.1) is 11.7 Å². The first-order valence-electron chi connectivity index (χ1n) is 7.04. The maximum absolute atomic E-state index is 6.17. The van der Waals surface area contributed by atoms with E-state index in [1.54, 1.807) is 0 Å². The molecule has 0 amide bonds. The second kappa shape index (κ2) is 6.02. The van der Waals surface area contributed by atoms with Gasteiger partial charge in [-0.15, -0.1) is 0 Å². The van der Waals surface area contributed by atoms with Crippen molar-refractivity contribution in [1.29, 1.82) is 0 Å². The van der Waals surface area contributed by atoms with Gasteiger partial charge in [-0.25, -0.2) is 4.98 Å². The predicted molar refractivity (Wildman–Crippen MR) is 79.9 cm³/mol. The number of hydrogen-bond donors (Lipinski definition) is 2. The molecule has 0 spiro atoms. The standard InChI is InChI=1S/C16H23N3/c1-4-8-13(17)16-18-14(11(2)3)15(19-16)12-9-6-5-7-10-12/h5-7,9-11,13H,4,8,17H2,1-3H3,(H,18,19). The van der Waals surface area contributed by atoms with Crippen LogP contribution in [-0.2, 0) is 0 Å². The van der Waals surface area contributed by atoms with E-state index in [9.17, 15) is 0 Å². The number of aromatic amines is 1. The third-order valence-corrected chi connectivity index (χ3v) is 3.33. The van der Waals surface area contributed by atoms with Crippen LogP contribution in [-0.4, -0.2) is 9.97 Å². The summed E-state index contributed by atoms with van der Waals surface area (Å²) >= 11 is 0. The quantitative estimate of drug-likeness (QED) is 0.850. The number of benzene rings is 1. The smallest absolute Gasteiger partial charge is 0.124 e. The Morgan fingerprint density at radius 2 is 1.89 bits per heavy atom. The van der Waals surface area contributed by atoms with Gasteiger partial charge in [0.2, 0.25) is 0 Å². The fraction of sp³-hybridized carbons (Fsp3) is 0.438. The van der Waals surface area contributed by atoms with Crippen LogP contribution in [0.1, 0.15) is 57.1 Å². The van der Waals surface area contributed by atoms with E-state index < -0.39 is 0 Å². The van der Waals surface area contributed by atoms with Crippen molar-refractivity contribution >= 4 is 0 Å². The second-order valence-corrected chi connectivity index (χ2v) is 5.30. The Kier molecular flexibility index (Phi) is 4.38. The Labute approximate surface area is 115 Å². The van der Waals surface area contributed by atoms with E-state index in [0.29, 0.717) is 5.92 Å². The van der Waals surface area contributed by atoms with Gasteiger partial charge in [-0.3, -0.25) is 0 Å². The molecule has 1 unspecified atom stereocenters. The average molecular weight is 257 g/mol. The zero-order valence-corrected chi connectivity index (χ0v) is 12.0. The highest BCUT2D eigenvalue weighted by Gasteiger charge is 2.17. The fourth-order valence-electron chi connectivity index (χ4n) is 2.26. The summed E-state index contributed by atoms with van der Waals surface area (Å²) < 4.78 is 0. The van der Waals surface area contributed by atoms with E-state index in [2.05, 4.69) is 37.9 Å². The number of imidazole rings is 1. The van der Waals surface area contributed by atoms with Crippen LogP contribution in [0.4, 0.5) is 0 Å². The molecule has 0 saturated carbocycles. The van der Waals surface area contributed by atoms with Crippen molar-refractivity contribution in [3.05, 3.63) is 41.9 Å². The van der Waals surface area contributed by atoms with Crippen LogP contribution < -0.4 is 5.73 Å². The molecule has 1 aromatic heterocycles. The van der Waals surface area contributed by atoms with Gasteiger partial charge in [0.15, 0.2) is 0 Å². The number of aromatic nitrogens is 2. The van der Waals surface area contributed by atoms with Gasteiger partial charge >= 0.3 is 0 Å². The molecule has 1 atom stereocenters. The maximum Gasteiger partial charge on any atom is 0.124 e. The molecular formula is C16H23N3. The highest BCUT2D eigenvalue weighted by atomic mass is 15.0. The first kappa shape index (κ1) is 13.8. The lowest BCUT2D eigenvalue weighted by Gasteiger charge is -2.06. The molecule has 1 aromatic carbocycles. The van der Waals surface area contributed by atoms with Crippen molar-refractivity contribution < 1.29 is 0 Å². The first-order valence-corrected chi connectivity index (χ1v) is 7.04. The molecule has 0 radical (unpaired) electrons.